The second-order valence-corrected chi connectivity index (χ2v) is 8.14. The first-order chi connectivity index (χ1) is 15.0. The first-order valence-electron chi connectivity index (χ1n) is 10.7. The molecule has 0 bridgehead atoms. The summed E-state index contributed by atoms with van der Waals surface area (Å²) < 4.78 is 5.78. The highest BCUT2D eigenvalue weighted by Gasteiger charge is 2.52. The molecule has 2 aliphatic rings. The van der Waals surface area contributed by atoms with Gasteiger partial charge in [0.2, 0.25) is 5.91 Å². The van der Waals surface area contributed by atoms with Crippen molar-refractivity contribution in [3.63, 3.8) is 0 Å². The number of rotatable bonds is 7. The molecule has 1 N–H and O–H groups in total. The van der Waals surface area contributed by atoms with Gasteiger partial charge in [-0.15, -0.1) is 0 Å². The Morgan fingerprint density at radius 1 is 1.03 bits per heavy atom. The van der Waals surface area contributed by atoms with Crippen molar-refractivity contribution in [2.75, 3.05) is 18.5 Å². The molecular weight excluding hydrogens is 394 g/mol. The molecule has 0 unspecified atom stereocenters. The minimum absolute atomic E-state index is 0.0700. The Hall–Kier alpha value is -3.35. The van der Waals surface area contributed by atoms with Crippen LogP contribution in [0, 0.1) is 0 Å². The van der Waals surface area contributed by atoms with E-state index in [1.165, 1.54) is 4.90 Å². The van der Waals surface area contributed by atoms with E-state index in [1.807, 2.05) is 54.6 Å². The smallest absolute Gasteiger partial charge is 0.325 e. The predicted molar refractivity (Wildman–Crippen MR) is 117 cm³/mol. The number of ether oxygens (including phenoxy) is 1. The topological polar surface area (TPSA) is 79.0 Å². The van der Waals surface area contributed by atoms with Crippen LogP contribution in [0.3, 0.4) is 0 Å². The van der Waals surface area contributed by atoms with E-state index >= 15 is 0 Å². The van der Waals surface area contributed by atoms with Crippen molar-refractivity contribution in [3.8, 4) is 11.5 Å². The summed E-state index contributed by atoms with van der Waals surface area (Å²) in [6.07, 6.45) is 4.02. The SMILES string of the molecule is CN(C(=O)CCCN1C(=O)NC2(CCCC2)C1=O)c1ccc(Oc2ccccc2)cc1. The van der Waals surface area contributed by atoms with Gasteiger partial charge in [-0.05, 0) is 55.7 Å². The molecule has 162 valence electrons. The molecule has 4 rings (SSSR count). The van der Waals surface area contributed by atoms with Gasteiger partial charge in [0, 0.05) is 25.7 Å². The largest absolute Gasteiger partial charge is 0.457 e. The maximum absolute atomic E-state index is 12.7. The van der Waals surface area contributed by atoms with Crippen LogP contribution < -0.4 is 15.0 Å². The Morgan fingerprint density at radius 3 is 2.35 bits per heavy atom. The molecule has 0 atom stereocenters. The van der Waals surface area contributed by atoms with Crippen LogP contribution in [0.1, 0.15) is 38.5 Å². The van der Waals surface area contributed by atoms with E-state index in [4.69, 9.17) is 4.74 Å². The van der Waals surface area contributed by atoms with Gasteiger partial charge in [0.1, 0.15) is 17.0 Å². The van der Waals surface area contributed by atoms with E-state index < -0.39 is 5.54 Å². The molecule has 1 saturated carbocycles. The van der Waals surface area contributed by atoms with Gasteiger partial charge in [-0.25, -0.2) is 4.79 Å². The highest BCUT2D eigenvalue weighted by atomic mass is 16.5. The zero-order chi connectivity index (χ0) is 21.8. The number of carbonyl (C=O) groups is 3. The first-order valence-corrected chi connectivity index (χ1v) is 10.7. The Bertz CT molecular complexity index is 953. The number of anilines is 1. The molecule has 0 aromatic heterocycles. The molecule has 4 amide bonds. The van der Waals surface area contributed by atoms with Crippen molar-refractivity contribution in [3.05, 3.63) is 54.6 Å². The normalized spacial score (nSPS) is 17.1. The number of imide groups is 1. The molecule has 1 aliphatic heterocycles. The molecule has 2 aromatic rings. The molecule has 0 radical (unpaired) electrons. The van der Waals surface area contributed by atoms with Crippen LogP contribution in [0.25, 0.3) is 0 Å². The van der Waals surface area contributed by atoms with Crippen molar-refractivity contribution in [2.24, 2.45) is 0 Å². The molecule has 1 spiro atoms. The number of amides is 4. The fourth-order valence-corrected chi connectivity index (χ4v) is 4.26. The van der Waals surface area contributed by atoms with Gasteiger partial charge in [-0.3, -0.25) is 14.5 Å². The molecule has 7 heteroatoms. The van der Waals surface area contributed by atoms with E-state index in [0.717, 1.165) is 24.3 Å². The average Bonchev–Trinajstić information content (AvgIpc) is 3.34. The van der Waals surface area contributed by atoms with Crippen LogP contribution in [0.2, 0.25) is 0 Å². The summed E-state index contributed by atoms with van der Waals surface area (Å²) >= 11 is 0. The standard InChI is InChI=1S/C24H27N3O4/c1-26(18-11-13-20(14-12-18)31-19-8-3-2-4-9-19)21(28)10-7-17-27-22(29)24(25-23(27)30)15-5-6-16-24/h2-4,8-9,11-14H,5-7,10,15-17H2,1H3,(H,25,30). The average molecular weight is 421 g/mol. The third kappa shape index (κ3) is 4.40. The zero-order valence-corrected chi connectivity index (χ0v) is 17.7. The van der Waals surface area contributed by atoms with Crippen molar-refractivity contribution < 1.29 is 19.1 Å². The second-order valence-electron chi connectivity index (χ2n) is 8.14. The van der Waals surface area contributed by atoms with Crippen LogP contribution in [-0.4, -0.2) is 41.9 Å². The second kappa shape index (κ2) is 8.79. The Morgan fingerprint density at radius 2 is 1.68 bits per heavy atom. The Labute approximate surface area is 182 Å². The molecule has 2 fully saturated rings. The van der Waals surface area contributed by atoms with Crippen molar-refractivity contribution in [1.82, 2.24) is 10.2 Å². The van der Waals surface area contributed by atoms with Gasteiger partial charge in [0.05, 0.1) is 0 Å². The fraction of sp³-hybridized carbons (Fsp3) is 0.375. The minimum atomic E-state index is -0.693. The monoisotopic (exact) mass is 421 g/mol. The summed E-state index contributed by atoms with van der Waals surface area (Å²) in [4.78, 5) is 40.3. The highest BCUT2D eigenvalue weighted by molar-refractivity contribution is 6.07. The lowest BCUT2D eigenvalue weighted by molar-refractivity contribution is -0.131. The van der Waals surface area contributed by atoms with E-state index in [2.05, 4.69) is 5.32 Å². The summed E-state index contributed by atoms with van der Waals surface area (Å²) in [5, 5.41) is 2.87. The van der Waals surface area contributed by atoms with Crippen molar-refractivity contribution >= 4 is 23.5 Å². The quantitative estimate of drug-likeness (QED) is 0.683. The van der Waals surface area contributed by atoms with Crippen LogP contribution >= 0.6 is 0 Å². The number of para-hydroxylation sites is 1. The van der Waals surface area contributed by atoms with E-state index in [1.54, 1.807) is 11.9 Å². The van der Waals surface area contributed by atoms with Gasteiger partial charge >= 0.3 is 6.03 Å². The minimum Gasteiger partial charge on any atom is -0.457 e. The number of nitrogens with one attached hydrogen (secondary N) is 1. The van der Waals surface area contributed by atoms with Crippen molar-refractivity contribution in [1.29, 1.82) is 0 Å². The van der Waals surface area contributed by atoms with E-state index in [-0.39, 0.29) is 30.8 Å². The lowest BCUT2D eigenvalue weighted by Gasteiger charge is -2.20. The van der Waals surface area contributed by atoms with E-state index in [9.17, 15) is 14.4 Å². The number of hydrogen-bond donors (Lipinski definition) is 1. The summed E-state index contributed by atoms with van der Waals surface area (Å²) in [6.45, 7) is 0.260. The zero-order valence-electron chi connectivity index (χ0n) is 17.7. The van der Waals surface area contributed by atoms with Crippen molar-refractivity contribution in [2.45, 2.75) is 44.1 Å². The van der Waals surface area contributed by atoms with Gasteiger partial charge in [0.15, 0.2) is 0 Å². The number of benzene rings is 2. The molecule has 1 aliphatic carbocycles. The summed E-state index contributed by atoms with van der Waals surface area (Å²) in [5.74, 6) is 1.24. The van der Waals surface area contributed by atoms with Crippen LogP contribution in [0.15, 0.2) is 54.6 Å². The third-order valence-electron chi connectivity index (χ3n) is 6.05. The molecule has 7 nitrogen and oxygen atoms in total. The van der Waals surface area contributed by atoms with Crippen LogP contribution in [-0.2, 0) is 9.59 Å². The number of carbonyl (C=O) groups excluding carboxylic acids is 3. The summed E-state index contributed by atoms with van der Waals surface area (Å²) in [7, 11) is 1.72. The molecule has 31 heavy (non-hydrogen) atoms. The number of urea groups is 1. The Balaban J connectivity index is 1.28. The van der Waals surface area contributed by atoms with Gasteiger partial charge in [-0.1, -0.05) is 31.0 Å². The van der Waals surface area contributed by atoms with Gasteiger partial charge in [0.25, 0.3) is 5.91 Å². The maximum Gasteiger partial charge on any atom is 0.325 e. The summed E-state index contributed by atoms with van der Waals surface area (Å²) in [6, 6.07) is 16.5. The number of hydrogen-bond acceptors (Lipinski definition) is 4. The highest BCUT2D eigenvalue weighted by Crippen LogP contribution is 2.35. The molecule has 2 aromatic carbocycles. The van der Waals surface area contributed by atoms with E-state index in [0.29, 0.717) is 25.0 Å². The van der Waals surface area contributed by atoms with Gasteiger partial charge in [-0.2, -0.15) is 0 Å². The maximum atomic E-state index is 12.7. The third-order valence-corrected chi connectivity index (χ3v) is 6.05. The lowest BCUT2D eigenvalue weighted by Crippen LogP contribution is -2.44. The first kappa shape index (κ1) is 20.9. The van der Waals surface area contributed by atoms with Crippen LogP contribution in [0.5, 0.6) is 11.5 Å². The van der Waals surface area contributed by atoms with Gasteiger partial charge < -0.3 is 15.0 Å². The molecule has 1 heterocycles. The molecule has 1 saturated heterocycles. The van der Waals surface area contributed by atoms with Crippen LogP contribution in [0.4, 0.5) is 10.5 Å². The lowest BCUT2D eigenvalue weighted by atomic mass is 9.98. The Kier molecular flexibility index (Phi) is 5.93. The number of nitrogens with zero attached hydrogens (tertiary/aromatic N) is 2. The summed E-state index contributed by atoms with van der Waals surface area (Å²) in [5.41, 5.74) is 0.0619. The predicted octanol–water partition coefficient (Wildman–Crippen LogP) is 4.09. The fourth-order valence-electron chi connectivity index (χ4n) is 4.26. The molecular formula is C24H27N3O4.